The van der Waals surface area contributed by atoms with Crippen LogP contribution >= 0.6 is 0 Å². The van der Waals surface area contributed by atoms with Gasteiger partial charge in [0.1, 0.15) is 0 Å². The molecule has 1 aliphatic heterocycles. The Kier molecular flexibility index (Phi) is 5.15. The van der Waals surface area contributed by atoms with E-state index in [0.717, 1.165) is 38.3 Å². The number of esters is 1. The van der Waals surface area contributed by atoms with E-state index >= 15 is 0 Å². The first kappa shape index (κ1) is 15.0. The minimum Gasteiger partial charge on any atom is -0.469 e. The second kappa shape index (κ2) is 6.86. The van der Waals surface area contributed by atoms with E-state index in [2.05, 4.69) is 22.9 Å². The van der Waals surface area contributed by atoms with Crippen LogP contribution in [0, 0.1) is 6.92 Å². The lowest BCUT2D eigenvalue weighted by Gasteiger charge is -2.34. The standard InChI is InChI=1S/C16H24N2O2/c1-13-5-4-6-14(11-13)15(16(19)20-3)12-18-9-7-17(2)8-10-18/h4-6,11,15H,7-10,12H2,1-3H3. The van der Waals surface area contributed by atoms with Crippen LogP contribution in [0.3, 0.4) is 0 Å². The zero-order valence-electron chi connectivity index (χ0n) is 12.6. The lowest BCUT2D eigenvalue weighted by Crippen LogP contribution is -2.46. The fraction of sp³-hybridized carbons (Fsp3) is 0.562. The minimum atomic E-state index is -0.191. The molecule has 2 rings (SSSR count). The van der Waals surface area contributed by atoms with Crippen LogP contribution in [0.2, 0.25) is 0 Å². The van der Waals surface area contributed by atoms with E-state index in [0.29, 0.717) is 0 Å². The predicted octanol–water partition coefficient (Wildman–Crippen LogP) is 1.50. The Bertz CT molecular complexity index is 454. The quantitative estimate of drug-likeness (QED) is 0.780. The van der Waals surface area contributed by atoms with E-state index in [1.165, 1.54) is 12.7 Å². The summed E-state index contributed by atoms with van der Waals surface area (Å²) in [5.74, 6) is -0.335. The number of carbonyl (C=O) groups excluding carboxylic acids is 1. The van der Waals surface area contributed by atoms with Crippen molar-refractivity contribution in [2.75, 3.05) is 46.9 Å². The van der Waals surface area contributed by atoms with Gasteiger partial charge in [-0.2, -0.15) is 0 Å². The van der Waals surface area contributed by atoms with Gasteiger partial charge in [0.05, 0.1) is 13.0 Å². The summed E-state index contributed by atoms with van der Waals surface area (Å²) < 4.78 is 4.99. The summed E-state index contributed by atoms with van der Waals surface area (Å²) in [5.41, 5.74) is 2.23. The van der Waals surface area contributed by atoms with Gasteiger partial charge in [0.25, 0.3) is 0 Å². The molecule has 1 fully saturated rings. The van der Waals surface area contributed by atoms with Crippen LogP contribution in [-0.4, -0.2) is 62.7 Å². The lowest BCUT2D eigenvalue weighted by atomic mass is 9.96. The fourth-order valence-corrected chi connectivity index (χ4v) is 2.63. The average Bonchev–Trinajstić information content (AvgIpc) is 2.46. The minimum absolute atomic E-state index is 0.144. The monoisotopic (exact) mass is 276 g/mol. The Morgan fingerprint density at radius 2 is 2.00 bits per heavy atom. The first-order valence-electron chi connectivity index (χ1n) is 7.15. The summed E-state index contributed by atoms with van der Waals surface area (Å²) in [4.78, 5) is 16.8. The molecule has 4 heteroatoms. The number of piperazine rings is 1. The van der Waals surface area contributed by atoms with Crippen LogP contribution in [0.25, 0.3) is 0 Å². The van der Waals surface area contributed by atoms with Gasteiger partial charge in [-0.05, 0) is 19.5 Å². The summed E-state index contributed by atoms with van der Waals surface area (Å²) in [5, 5.41) is 0. The number of nitrogens with zero attached hydrogens (tertiary/aromatic N) is 2. The van der Waals surface area contributed by atoms with Crippen molar-refractivity contribution in [1.82, 2.24) is 9.80 Å². The van der Waals surface area contributed by atoms with Crippen molar-refractivity contribution in [2.24, 2.45) is 0 Å². The maximum Gasteiger partial charge on any atom is 0.314 e. The number of likely N-dealkylation sites (N-methyl/N-ethyl adjacent to an activating group) is 1. The predicted molar refractivity (Wildman–Crippen MR) is 79.9 cm³/mol. The molecule has 20 heavy (non-hydrogen) atoms. The third-order valence-electron chi connectivity index (χ3n) is 3.97. The number of benzene rings is 1. The summed E-state index contributed by atoms with van der Waals surface area (Å²) in [6.07, 6.45) is 0. The van der Waals surface area contributed by atoms with Crippen molar-refractivity contribution in [3.8, 4) is 0 Å². The van der Waals surface area contributed by atoms with Crippen LogP contribution in [-0.2, 0) is 9.53 Å². The molecule has 1 aliphatic rings. The molecule has 1 unspecified atom stereocenters. The maximum absolute atomic E-state index is 12.1. The molecule has 1 heterocycles. The Morgan fingerprint density at radius 3 is 2.60 bits per heavy atom. The van der Waals surface area contributed by atoms with Crippen LogP contribution in [0.5, 0.6) is 0 Å². The van der Waals surface area contributed by atoms with Gasteiger partial charge in [-0.25, -0.2) is 0 Å². The molecule has 0 aliphatic carbocycles. The number of carbonyl (C=O) groups is 1. The molecular weight excluding hydrogens is 252 g/mol. The molecule has 110 valence electrons. The smallest absolute Gasteiger partial charge is 0.314 e. The van der Waals surface area contributed by atoms with Gasteiger partial charge in [-0.1, -0.05) is 29.8 Å². The first-order valence-corrected chi connectivity index (χ1v) is 7.15. The summed E-state index contributed by atoms with van der Waals surface area (Å²) in [7, 11) is 3.60. The summed E-state index contributed by atoms with van der Waals surface area (Å²) in [6.45, 7) is 6.92. The zero-order valence-corrected chi connectivity index (χ0v) is 12.6. The molecular formula is C16H24N2O2. The summed E-state index contributed by atoms with van der Waals surface area (Å²) in [6, 6.07) is 8.15. The molecule has 0 radical (unpaired) electrons. The molecule has 1 saturated heterocycles. The molecule has 0 spiro atoms. The molecule has 0 aromatic heterocycles. The topological polar surface area (TPSA) is 32.8 Å². The molecule has 1 atom stereocenters. The Hall–Kier alpha value is -1.39. The zero-order chi connectivity index (χ0) is 14.5. The number of aryl methyl sites for hydroxylation is 1. The Balaban J connectivity index is 2.10. The number of methoxy groups -OCH3 is 1. The van der Waals surface area contributed by atoms with E-state index < -0.39 is 0 Å². The SMILES string of the molecule is COC(=O)C(CN1CCN(C)CC1)c1cccc(C)c1. The van der Waals surface area contributed by atoms with Gasteiger partial charge in [0.2, 0.25) is 0 Å². The fourth-order valence-electron chi connectivity index (χ4n) is 2.63. The molecule has 4 nitrogen and oxygen atoms in total. The van der Waals surface area contributed by atoms with Crippen molar-refractivity contribution in [2.45, 2.75) is 12.8 Å². The Labute approximate surface area is 121 Å². The summed E-state index contributed by atoms with van der Waals surface area (Å²) >= 11 is 0. The first-order chi connectivity index (χ1) is 9.60. The van der Waals surface area contributed by atoms with Crippen molar-refractivity contribution < 1.29 is 9.53 Å². The third-order valence-corrected chi connectivity index (χ3v) is 3.97. The molecule has 1 aromatic carbocycles. The molecule has 0 bridgehead atoms. The van der Waals surface area contributed by atoms with Gasteiger partial charge < -0.3 is 9.64 Å². The van der Waals surface area contributed by atoms with E-state index in [1.807, 2.05) is 25.1 Å². The van der Waals surface area contributed by atoms with Crippen molar-refractivity contribution in [3.05, 3.63) is 35.4 Å². The van der Waals surface area contributed by atoms with E-state index in [9.17, 15) is 4.79 Å². The van der Waals surface area contributed by atoms with Gasteiger partial charge in [0.15, 0.2) is 0 Å². The lowest BCUT2D eigenvalue weighted by molar-refractivity contribution is -0.143. The highest BCUT2D eigenvalue weighted by molar-refractivity contribution is 5.78. The largest absolute Gasteiger partial charge is 0.469 e. The highest BCUT2D eigenvalue weighted by Crippen LogP contribution is 2.20. The second-order valence-electron chi connectivity index (χ2n) is 5.59. The average molecular weight is 276 g/mol. The van der Waals surface area contributed by atoms with Gasteiger partial charge in [-0.15, -0.1) is 0 Å². The van der Waals surface area contributed by atoms with Crippen LogP contribution in [0.4, 0.5) is 0 Å². The number of hydrogen-bond donors (Lipinski definition) is 0. The number of rotatable bonds is 4. The van der Waals surface area contributed by atoms with Crippen molar-refractivity contribution >= 4 is 5.97 Å². The number of hydrogen-bond acceptors (Lipinski definition) is 4. The van der Waals surface area contributed by atoms with Crippen LogP contribution in [0.1, 0.15) is 17.0 Å². The molecule has 0 N–H and O–H groups in total. The number of ether oxygens (including phenoxy) is 1. The Morgan fingerprint density at radius 1 is 1.30 bits per heavy atom. The van der Waals surface area contributed by atoms with Gasteiger partial charge in [-0.3, -0.25) is 9.69 Å². The molecule has 1 aromatic rings. The van der Waals surface area contributed by atoms with E-state index in [1.54, 1.807) is 0 Å². The molecule has 0 amide bonds. The maximum atomic E-state index is 12.1. The van der Waals surface area contributed by atoms with E-state index in [4.69, 9.17) is 4.74 Å². The van der Waals surface area contributed by atoms with Crippen LogP contribution < -0.4 is 0 Å². The highest BCUT2D eigenvalue weighted by Gasteiger charge is 2.25. The molecule has 0 saturated carbocycles. The second-order valence-corrected chi connectivity index (χ2v) is 5.59. The third kappa shape index (κ3) is 3.81. The highest BCUT2D eigenvalue weighted by atomic mass is 16.5. The van der Waals surface area contributed by atoms with Crippen molar-refractivity contribution in [3.63, 3.8) is 0 Å². The normalized spacial score (nSPS) is 18.8. The van der Waals surface area contributed by atoms with E-state index in [-0.39, 0.29) is 11.9 Å². The van der Waals surface area contributed by atoms with Gasteiger partial charge in [0, 0.05) is 32.7 Å². The van der Waals surface area contributed by atoms with Crippen LogP contribution in [0.15, 0.2) is 24.3 Å². The van der Waals surface area contributed by atoms with Gasteiger partial charge >= 0.3 is 5.97 Å². The van der Waals surface area contributed by atoms with Crippen molar-refractivity contribution in [1.29, 1.82) is 0 Å².